The summed E-state index contributed by atoms with van der Waals surface area (Å²) in [5.41, 5.74) is 3.41. The molecule has 0 unspecified atom stereocenters. The molecule has 0 atom stereocenters. The summed E-state index contributed by atoms with van der Waals surface area (Å²) < 4.78 is 6.02. The lowest BCUT2D eigenvalue weighted by Crippen LogP contribution is -2.15. The molecule has 7 nitrogen and oxygen atoms in total. The molecule has 0 aliphatic heterocycles. The van der Waals surface area contributed by atoms with Gasteiger partial charge >= 0.3 is 0 Å². The highest BCUT2D eigenvalue weighted by atomic mass is 32.2. The van der Waals surface area contributed by atoms with Gasteiger partial charge in [0.2, 0.25) is 5.91 Å². The van der Waals surface area contributed by atoms with Crippen LogP contribution in [0.1, 0.15) is 16.8 Å². The third-order valence-corrected chi connectivity index (χ3v) is 5.27. The molecule has 26 heavy (non-hydrogen) atoms. The van der Waals surface area contributed by atoms with Crippen molar-refractivity contribution in [1.29, 1.82) is 0 Å². The number of aromatic amines is 1. The largest absolute Gasteiger partial charge is 0.378 e. The zero-order valence-electron chi connectivity index (χ0n) is 14.6. The number of aromatic nitrogens is 3. The standard InChI is InChI=1S/C17H18N4O3S2/c1-9-4-10(2)15-12(5-9)26-17(21-15)20-14(23)8-25-16-18-11(7-24-3)6-13(22)19-16/h4-6H,7-8H2,1-3H3,(H,18,19,22)(H,20,21,23). The van der Waals surface area contributed by atoms with Crippen molar-refractivity contribution in [2.75, 3.05) is 18.2 Å². The minimum atomic E-state index is -0.271. The summed E-state index contributed by atoms with van der Waals surface area (Å²) in [6.45, 7) is 4.28. The third-order valence-electron chi connectivity index (χ3n) is 3.48. The van der Waals surface area contributed by atoms with Gasteiger partial charge in [-0.15, -0.1) is 0 Å². The van der Waals surface area contributed by atoms with Gasteiger partial charge in [0.1, 0.15) is 0 Å². The molecule has 0 radical (unpaired) electrons. The molecule has 0 saturated heterocycles. The van der Waals surface area contributed by atoms with E-state index in [4.69, 9.17) is 4.74 Å². The Balaban J connectivity index is 1.66. The van der Waals surface area contributed by atoms with Crippen molar-refractivity contribution in [2.24, 2.45) is 0 Å². The van der Waals surface area contributed by atoms with E-state index >= 15 is 0 Å². The van der Waals surface area contributed by atoms with E-state index in [0.717, 1.165) is 33.1 Å². The predicted octanol–water partition coefficient (Wildman–Crippen LogP) is 2.87. The van der Waals surface area contributed by atoms with E-state index in [1.807, 2.05) is 13.8 Å². The highest BCUT2D eigenvalue weighted by Crippen LogP contribution is 2.29. The number of rotatable bonds is 6. The van der Waals surface area contributed by atoms with Gasteiger partial charge in [-0.25, -0.2) is 9.97 Å². The van der Waals surface area contributed by atoms with E-state index in [-0.39, 0.29) is 23.8 Å². The van der Waals surface area contributed by atoms with Gasteiger partial charge in [-0.2, -0.15) is 0 Å². The number of carbonyl (C=O) groups excluding carboxylic acids is 1. The Kier molecular flexibility index (Phi) is 5.70. The average Bonchev–Trinajstić information content (AvgIpc) is 2.95. The van der Waals surface area contributed by atoms with Gasteiger partial charge in [-0.3, -0.25) is 9.59 Å². The van der Waals surface area contributed by atoms with Crippen LogP contribution in [0, 0.1) is 13.8 Å². The fourth-order valence-corrected chi connectivity index (χ4v) is 4.24. The van der Waals surface area contributed by atoms with E-state index in [1.165, 1.54) is 24.5 Å². The molecular weight excluding hydrogens is 372 g/mol. The molecule has 0 saturated carbocycles. The first-order valence-electron chi connectivity index (χ1n) is 7.84. The Labute approximate surface area is 158 Å². The first kappa shape index (κ1) is 18.6. The van der Waals surface area contributed by atoms with Gasteiger partial charge in [0.15, 0.2) is 10.3 Å². The molecule has 2 heterocycles. The number of thiazole rings is 1. The maximum atomic E-state index is 12.2. The van der Waals surface area contributed by atoms with Crippen LogP contribution in [-0.2, 0) is 16.1 Å². The minimum Gasteiger partial charge on any atom is -0.378 e. The fraction of sp³-hybridized carbons (Fsp3) is 0.294. The van der Waals surface area contributed by atoms with E-state index in [1.54, 1.807) is 0 Å². The number of hydrogen-bond donors (Lipinski definition) is 2. The molecular formula is C17H18N4O3S2. The van der Waals surface area contributed by atoms with Crippen LogP contribution in [0.4, 0.5) is 5.13 Å². The molecule has 2 N–H and O–H groups in total. The Hall–Kier alpha value is -2.23. The van der Waals surface area contributed by atoms with E-state index in [2.05, 4.69) is 32.4 Å². The number of anilines is 1. The zero-order valence-corrected chi connectivity index (χ0v) is 16.2. The number of hydrogen-bond acceptors (Lipinski definition) is 7. The SMILES string of the molecule is COCc1cc(=O)[nH]c(SCC(=O)Nc2nc3c(C)cc(C)cc3s2)n1. The summed E-state index contributed by atoms with van der Waals surface area (Å²) >= 11 is 2.60. The second kappa shape index (κ2) is 7.98. The van der Waals surface area contributed by atoms with E-state index < -0.39 is 0 Å². The maximum absolute atomic E-state index is 12.2. The van der Waals surface area contributed by atoms with Gasteiger partial charge in [0, 0.05) is 13.2 Å². The molecule has 3 rings (SSSR count). The molecule has 0 bridgehead atoms. The number of ether oxygens (including phenoxy) is 1. The Bertz CT molecular complexity index is 1010. The first-order valence-corrected chi connectivity index (χ1v) is 9.64. The lowest BCUT2D eigenvalue weighted by Gasteiger charge is -2.03. The Morgan fingerprint density at radius 2 is 2.12 bits per heavy atom. The smallest absolute Gasteiger partial charge is 0.251 e. The van der Waals surface area contributed by atoms with Crippen LogP contribution in [0.2, 0.25) is 0 Å². The second-order valence-electron chi connectivity index (χ2n) is 5.76. The fourth-order valence-electron chi connectivity index (χ4n) is 2.49. The molecule has 0 aliphatic rings. The van der Waals surface area contributed by atoms with E-state index in [0.29, 0.717) is 16.0 Å². The molecule has 9 heteroatoms. The van der Waals surface area contributed by atoms with Crippen LogP contribution >= 0.6 is 23.1 Å². The number of H-pyrrole nitrogens is 1. The van der Waals surface area contributed by atoms with Crippen molar-refractivity contribution in [3.63, 3.8) is 0 Å². The molecule has 136 valence electrons. The van der Waals surface area contributed by atoms with Gasteiger partial charge in [-0.1, -0.05) is 29.2 Å². The first-order chi connectivity index (χ1) is 12.4. The quantitative estimate of drug-likeness (QED) is 0.496. The maximum Gasteiger partial charge on any atom is 0.251 e. The van der Waals surface area contributed by atoms with Crippen LogP contribution in [0.5, 0.6) is 0 Å². The minimum absolute atomic E-state index is 0.118. The highest BCUT2D eigenvalue weighted by Gasteiger charge is 2.11. The number of nitrogens with one attached hydrogen (secondary N) is 2. The Morgan fingerprint density at radius 1 is 1.31 bits per heavy atom. The lowest BCUT2D eigenvalue weighted by atomic mass is 10.1. The molecule has 0 aliphatic carbocycles. The van der Waals surface area contributed by atoms with Gasteiger partial charge in [0.25, 0.3) is 5.56 Å². The Morgan fingerprint density at radius 3 is 2.88 bits per heavy atom. The van der Waals surface area contributed by atoms with Crippen molar-refractivity contribution in [2.45, 2.75) is 25.6 Å². The summed E-state index contributed by atoms with van der Waals surface area (Å²) in [7, 11) is 1.53. The van der Waals surface area contributed by atoms with Crippen LogP contribution in [0.15, 0.2) is 28.2 Å². The van der Waals surface area contributed by atoms with Crippen LogP contribution in [0.3, 0.4) is 0 Å². The molecule has 0 fully saturated rings. The van der Waals surface area contributed by atoms with Crippen molar-refractivity contribution < 1.29 is 9.53 Å². The number of benzene rings is 1. The summed E-state index contributed by atoms with van der Waals surface area (Å²) in [6.07, 6.45) is 0. The van der Waals surface area contributed by atoms with Crippen LogP contribution in [0.25, 0.3) is 10.2 Å². The van der Waals surface area contributed by atoms with Crippen LogP contribution < -0.4 is 10.9 Å². The van der Waals surface area contributed by atoms with Crippen molar-refractivity contribution >= 4 is 44.4 Å². The number of amides is 1. The van der Waals surface area contributed by atoms with Crippen molar-refractivity contribution in [3.05, 3.63) is 45.4 Å². The number of methoxy groups -OCH3 is 1. The number of nitrogens with zero attached hydrogens (tertiary/aromatic N) is 2. The summed E-state index contributed by atoms with van der Waals surface area (Å²) in [6, 6.07) is 5.50. The van der Waals surface area contributed by atoms with Crippen molar-refractivity contribution in [3.8, 4) is 0 Å². The molecule has 0 spiro atoms. The third kappa shape index (κ3) is 4.48. The monoisotopic (exact) mass is 390 g/mol. The highest BCUT2D eigenvalue weighted by molar-refractivity contribution is 7.99. The van der Waals surface area contributed by atoms with Gasteiger partial charge in [0.05, 0.1) is 28.3 Å². The number of thioether (sulfide) groups is 1. The van der Waals surface area contributed by atoms with Crippen LogP contribution in [-0.4, -0.2) is 33.7 Å². The summed E-state index contributed by atoms with van der Waals surface area (Å²) in [5.74, 6) is -0.0870. The molecule has 1 amide bonds. The topological polar surface area (TPSA) is 97.0 Å². The van der Waals surface area contributed by atoms with Gasteiger partial charge in [-0.05, 0) is 31.0 Å². The normalized spacial score (nSPS) is 11.0. The summed E-state index contributed by atoms with van der Waals surface area (Å²) in [4.78, 5) is 35.2. The second-order valence-corrected chi connectivity index (χ2v) is 7.75. The number of carbonyl (C=O) groups is 1. The number of fused-ring (bicyclic) bond motifs is 1. The zero-order chi connectivity index (χ0) is 18.7. The van der Waals surface area contributed by atoms with Crippen molar-refractivity contribution in [1.82, 2.24) is 15.0 Å². The van der Waals surface area contributed by atoms with Gasteiger partial charge < -0.3 is 15.0 Å². The lowest BCUT2D eigenvalue weighted by molar-refractivity contribution is -0.113. The molecule has 2 aromatic heterocycles. The average molecular weight is 390 g/mol. The predicted molar refractivity (Wildman–Crippen MR) is 104 cm³/mol. The van der Waals surface area contributed by atoms with E-state index in [9.17, 15) is 9.59 Å². The molecule has 1 aromatic carbocycles. The number of aryl methyl sites for hydroxylation is 2. The summed E-state index contributed by atoms with van der Waals surface area (Å²) in [5, 5.41) is 3.75. The molecule has 3 aromatic rings.